The van der Waals surface area contributed by atoms with Gasteiger partial charge in [-0.3, -0.25) is 4.55 Å². The molecule has 2 aromatic rings. The highest BCUT2D eigenvalue weighted by molar-refractivity contribution is 7.85. The lowest BCUT2D eigenvalue weighted by atomic mass is 10.0. The molecule has 0 saturated carbocycles. The summed E-state index contributed by atoms with van der Waals surface area (Å²) in [5.74, 6) is -0.274. The Kier molecular flexibility index (Phi) is 12.6. The van der Waals surface area contributed by atoms with Crippen molar-refractivity contribution in [2.24, 2.45) is 0 Å². The van der Waals surface area contributed by atoms with Crippen LogP contribution in [-0.4, -0.2) is 31.8 Å². The molecule has 0 saturated heterocycles. The van der Waals surface area contributed by atoms with Crippen molar-refractivity contribution in [2.75, 3.05) is 23.7 Å². The number of nitrogens with zero attached hydrogens (tertiary/aromatic N) is 2. The van der Waals surface area contributed by atoms with Crippen LogP contribution in [0.1, 0.15) is 81.9 Å². The third kappa shape index (κ3) is 11.7. The van der Waals surface area contributed by atoms with Crippen LogP contribution >= 0.6 is 0 Å². The van der Waals surface area contributed by atoms with E-state index in [0.717, 1.165) is 57.2 Å². The largest absolute Gasteiger partial charge is 0.417 e. The van der Waals surface area contributed by atoms with Gasteiger partial charge in [-0.25, -0.2) is 4.57 Å². The zero-order valence-corrected chi connectivity index (χ0v) is 22.7. The molecule has 2 rings (SSSR count). The summed E-state index contributed by atoms with van der Waals surface area (Å²) in [6.07, 6.45) is 9.36. The monoisotopic (exact) mass is 541 g/mol. The standard InChI is InChI=1S/C28H39F3N2O3S/c1-3-5-7-18-33(19-8-6-4-2)26-14-13-25(27(23-26)28(29,30)31)12-11-24-15-20-32(21-16-24)17-9-10-22-37(34,35)36/h11-16,20-21,23H,3-10,17-19,22H2,1-2H3/p+1. The van der Waals surface area contributed by atoms with Gasteiger partial charge in [0, 0.05) is 37.3 Å². The van der Waals surface area contributed by atoms with E-state index in [-0.39, 0.29) is 11.3 Å². The number of unbranched alkanes of at least 4 members (excludes halogenated alkanes) is 5. The second-order valence-electron chi connectivity index (χ2n) is 9.37. The molecule has 5 nitrogen and oxygen atoms in total. The quantitative estimate of drug-likeness (QED) is 0.141. The fourth-order valence-corrected chi connectivity index (χ4v) is 4.67. The van der Waals surface area contributed by atoms with Crippen LogP contribution in [0.4, 0.5) is 18.9 Å². The van der Waals surface area contributed by atoms with Crippen LogP contribution in [0.5, 0.6) is 0 Å². The van der Waals surface area contributed by atoms with Crippen LogP contribution < -0.4 is 9.47 Å². The number of hydrogen-bond donors (Lipinski definition) is 1. The molecule has 0 aliphatic rings. The topological polar surface area (TPSA) is 61.5 Å². The Labute approximate surface area is 219 Å². The minimum atomic E-state index is -4.46. The van der Waals surface area contributed by atoms with Crippen LogP contribution in [0.2, 0.25) is 0 Å². The molecular formula is C28H40F3N2O3S+. The average Bonchev–Trinajstić information content (AvgIpc) is 2.84. The van der Waals surface area contributed by atoms with Crippen LogP contribution in [0.3, 0.4) is 0 Å². The molecule has 37 heavy (non-hydrogen) atoms. The highest BCUT2D eigenvalue weighted by Crippen LogP contribution is 2.35. The maximum Gasteiger partial charge on any atom is 0.417 e. The summed E-state index contributed by atoms with van der Waals surface area (Å²) in [6, 6.07) is 8.22. The van der Waals surface area contributed by atoms with Gasteiger partial charge in [-0.15, -0.1) is 0 Å². The van der Waals surface area contributed by atoms with E-state index in [0.29, 0.717) is 25.1 Å². The van der Waals surface area contributed by atoms with E-state index >= 15 is 0 Å². The molecule has 0 radical (unpaired) electrons. The van der Waals surface area contributed by atoms with Crippen LogP contribution in [0.25, 0.3) is 12.2 Å². The van der Waals surface area contributed by atoms with Crippen LogP contribution in [0.15, 0.2) is 42.7 Å². The van der Waals surface area contributed by atoms with Gasteiger partial charge in [0.25, 0.3) is 10.1 Å². The first kappa shape index (κ1) is 30.8. The van der Waals surface area contributed by atoms with Crippen molar-refractivity contribution in [3.63, 3.8) is 0 Å². The summed E-state index contributed by atoms with van der Waals surface area (Å²) < 4.78 is 74.2. The van der Waals surface area contributed by atoms with Gasteiger partial charge in [0.1, 0.15) is 6.54 Å². The van der Waals surface area contributed by atoms with E-state index in [1.165, 1.54) is 12.1 Å². The highest BCUT2D eigenvalue weighted by Gasteiger charge is 2.33. The first-order chi connectivity index (χ1) is 17.5. The third-order valence-corrected chi connectivity index (χ3v) is 7.02. The van der Waals surface area contributed by atoms with E-state index in [1.807, 2.05) is 4.57 Å². The van der Waals surface area contributed by atoms with Crippen molar-refractivity contribution in [2.45, 2.75) is 77.9 Å². The summed E-state index contributed by atoms with van der Waals surface area (Å²) in [7, 11) is -3.95. The number of anilines is 1. The molecule has 0 atom stereocenters. The molecule has 206 valence electrons. The number of halogens is 3. The molecule has 1 aromatic carbocycles. The van der Waals surface area contributed by atoms with Crippen molar-refractivity contribution >= 4 is 28.0 Å². The minimum Gasteiger partial charge on any atom is -0.372 e. The zero-order chi connectivity index (χ0) is 27.3. The molecule has 1 N–H and O–H groups in total. The number of aromatic nitrogens is 1. The van der Waals surface area contributed by atoms with Gasteiger partial charge in [0.2, 0.25) is 0 Å². The second-order valence-corrected chi connectivity index (χ2v) is 10.9. The average molecular weight is 542 g/mol. The number of rotatable bonds is 16. The summed E-state index contributed by atoms with van der Waals surface area (Å²) >= 11 is 0. The van der Waals surface area contributed by atoms with Crippen molar-refractivity contribution in [1.82, 2.24) is 0 Å². The van der Waals surface area contributed by atoms with Gasteiger partial charge in [0.05, 0.1) is 11.3 Å². The molecule has 0 spiro atoms. The Morgan fingerprint density at radius 2 is 1.51 bits per heavy atom. The Balaban J connectivity index is 2.15. The predicted molar refractivity (Wildman–Crippen MR) is 144 cm³/mol. The minimum absolute atomic E-state index is 0.125. The summed E-state index contributed by atoms with van der Waals surface area (Å²) in [6.45, 7) is 6.31. The van der Waals surface area contributed by atoms with E-state index in [1.54, 1.807) is 42.7 Å². The lowest BCUT2D eigenvalue weighted by Gasteiger charge is -2.26. The van der Waals surface area contributed by atoms with Crippen LogP contribution in [0, 0.1) is 0 Å². The highest BCUT2D eigenvalue weighted by atomic mass is 32.2. The lowest BCUT2D eigenvalue weighted by Crippen LogP contribution is -2.32. The molecule has 9 heteroatoms. The Morgan fingerprint density at radius 3 is 2.05 bits per heavy atom. The molecule has 1 heterocycles. The van der Waals surface area contributed by atoms with Crippen molar-refractivity contribution in [3.05, 3.63) is 59.4 Å². The van der Waals surface area contributed by atoms with Crippen molar-refractivity contribution < 1.29 is 30.7 Å². The molecule has 0 bridgehead atoms. The van der Waals surface area contributed by atoms with E-state index in [4.69, 9.17) is 4.55 Å². The predicted octanol–water partition coefficient (Wildman–Crippen LogP) is 7.02. The van der Waals surface area contributed by atoms with Crippen molar-refractivity contribution in [1.29, 1.82) is 0 Å². The first-order valence-electron chi connectivity index (χ1n) is 13.1. The molecule has 0 aliphatic heterocycles. The molecule has 0 aliphatic carbocycles. The lowest BCUT2D eigenvalue weighted by molar-refractivity contribution is -0.697. The van der Waals surface area contributed by atoms with Gasteiger partial charge in [-0.05, 0) is 42.5 Å². The first-order valence-corrected chi connectivity index (χ1v) is 14.7. The van der Waals surface area contributed by atoms with Gasteiger partial charge >= 0.3 is 6.18 Å². The number of aryl methyl sites for hydroxylation is 1. The SMILES string of the molecule is CCCCCN(CCCCC)c1ccc(/C=C/c2cc[n+](CCCCS(=O)(=O)O)cc2)c(C(F)(F)F)c1. The van der Waals surface area contributed by atoms with Crippen LogP contribution in [-0.2, 0) is 22.8 Å². The fourth-order valence-electron chi connectivity index (χ4n) is 4.10. The summed E-state index contributed by atoms with van der Waals surface area (Å²) in [5.41, 5.74) is 0.862. The molecular weight excluding hydrogens is 501 g/mol. The molecule has 0 fully saturated rings. The number of pyridine rings is 1. The van der Waals surface area contributed by atoms with Crippen molar-refractivity contribution in [3.8, 4) is 0 Å². The van der Waals surface area contributed by atoms with Gasteiger partial charge < -0.3 is 4.90 Å². The Morgan fingerprint density at radius 1 is 0.892 bits per heavy atom. The normalized spacial score (nSPS) is 12.4. The number of hydrogen-bond acceptors (Lipinski definition) is 3. The second kappa shape index (κ2) is 15.1. The smallest absolute Gasteiger partial charge is 0.372 e. The maximum atomic E-state index is 14.0. The third-order valence-electron chi connectivity index (χ3n) is 6.21. The fraction of sp³-hybridized carbons (Fsp3) is 0.536. The van der Waals surface area contributed by atoms with E-state index in [2.05, 4.69) is 18.7 Å². The number of benzene rings is 1. The molecule has 1 aromatic heterocycles. The Hall–Kier alpha value is -2.39. The molecule has 0 amide bonds. The Bertz CT molecular complexity index is 1070. The van der Waals surface area contributed by atoms with E-state index < -0.39 is 21.9 Å². The zero-order valence-electron chi connectivity index (χ0n) is 21.9. The van der Waals surface area contributed by atoms with Gasteiger partial charge in [-0.1, -0.05) is 57.7 Å². The summed E-state index contributed by atoms with van der Waals surface area (Å²) in [5, 5.41) is 0. The number of alkyl halides is 3. The molecule has 0 unspecified atom stereocenters. The van der Waals surface area contributed by atoms with Gasteiger partial charge in [-0.2, -0.15) is 21.6 Å². The van der Waals surface area contributed by atoms with Gasteiger partial charge in [0.15, 0.2) is 12.4 Å². The van der Waals surface area contributed by atoms with E-state index in [9.17, 15) is 21.6 Å². The summed E-state index contributed by atoms with van der Waals surface area (Å²) in [4.78, 5) is 2.08. The maximum absolute atomic E-state index is 14.0.